The van der Waals surface area contributed by atoms with Gasteiger partial charge in [-0.2, -0.15) is 0 Å². The number of ether oxygens (including phenoxy) is 2. The molecule has 0 spiro atoms. The van der Waals surface area contributed by atoms with Crippen LogP contribution in [0.4, 0.5) is 5.13 Å². The monoisotopic (exact) mass is 370 g/mol. The van der Waals surface area contributed by atoms with Crippen molar-refractivity contribution >= 4 is 32.6 Å². The number of carbonyl (C=O) groups is 1. The van der Waals surface area contributed by atoms with Crippen molar-refractivity contribution in [1.29, 1.82) is 0 Å². The van der Waals surface area contributed by atoms with Crippen molar-refractivity contribution in [3.8, 4) is 11.5 Å². The van der Waals surface area contributed by atoms with Gasteiger partial charge in [-0.05, 0) is 50.1 Å². The molecule has 2 aromatic carbocycles. The number of nitrogens with zero attached hydrogens (tertiary/aromatic N) is 1. The highest BCUT2D eigenvalue weighted by Crippen LogP contribution is 2.27. The smallest absolute Gasteiger partial charge is 0.226 e. The molecule has 1 heterocycles. The lowest BCUT2D eigenvalue weighted by Crippen LogP contribution is -2.12. The number of hydrogen-bond acceptors (Lipinski definition) is 5. The summed E-state index contributed by atoms with van der Waals surface area (Å²) in [6.45, 7) is 5.02. The molecule has 0 aliphatic heterocycles. The third kappa shape index (κ3) is 4.73. The minimum atomic E-state index is -0.0533. The molecule has 0 saturated carbocycles. The van der Waals surface area contributed by atoms with Crippen molar-refractivity contribution in [1.82, 2.24) is 4.98 Å². The van der Waals surface area contributed by atoms with Crippen molar-refractivity contribution in [2.75, 3.05) is 18.5 Å². The highest BCUT2D eigenvalue weighted by atomic mass is 32.1. The highest BCUT2D eigenvalue weighted by Gasteiger charge is 2.09. The van der Waals surface area contributed by atoms with Crippen LogP contribution >= 0.6 is 11.3 Å². The fourth-order valence-electron chi connectivity index (χ4n) is 2.53. The number of hydrogen-bond donors (Lipinski definition) is 1. The van der Waals surface area contributed by atoms with E-state index in [1.807, 2.05) is 50.2 Å². The summed E-state index contributed by atoms with van der Waals surface area (Å²) in [5.74, 6) is 1.38. The molecule has 1 N–H and O–H groups in total. The summed E-state index contributed by atoms with van der Waals surface area (Å²) in [7, 11) is 0. The van der Waals surface area contributed by atoms with Gasteiger partial charge in [0.25, 0.3) is 0 Å². The fourth-order valence-corrected chi connectivity index (χ4v) is 3.51. The molecular weight excluding hydrogens is 348 g/mol. The summed E-state index contributed by atoms with van der Waals surface area (Å²) in [6.07, 6.45) is 1.00. The number of anilines is 1. The Balaban J connectivity index is 1.47. The topological polar surface area (TPSA) is 60.5 Å². The zero-order valence-electron chi connectivity index (χ0n) is 15.0. The SMILES string of the molecule is CCOc1ccccc1OCCCC(=O)Nc1nc2ccc(C)cc2s1. The molecule has 0 saturated heterocycles. The zero-order chi connectivity index (χ0) is 18.4. The number of thiazole rings is 1. The summed E-state index contributed by atoms with van der Waals surface area (Å²) >= 11 is 1.49. The van der Waals surface area contributed by atoms with E-state index >= 15 is 0 Å². The van der Waals surface area contributed by atoms with Crippen LogP contribution in [0.15, 0.2) is 42.5 Å². The summed E-state index contributed by atoms with van der Waals surface area (Å²) in [6, 6.07) is 13.6. The summed E-state index contributed by atoms with van der Waals surface area (Å²) in [5.41, 5.74) is 2.09. The van der Waals surface area contributed by atoms with Crippen molar-refractivity contribution in [3.05, 3.63) is 48.0 Å². The van der Waals surface area contributed by atoms with E-state index in [0.29, 0.717) is 36.9 Å². The molecule has 3 aromatic rings. The van der Waals surface area contributed by atoms with Gasteiger partial charge >= 0.3 is 0 Å². The molecule has 136 valence electrons. The number of nitrogens with one attached hydrogen (secondary N) is 1. The molecule has 0 fully saturated rings. The Labute approximate surface area is 157 Å². The summed E-state index contributed by atoms with van der Waals surface area (Å²) in [5, 5.41) is 3.51. The van der Waals surface area contributed by atoms with Gasteiger partial charge in [0.2, 0.25) is 5.91 Å². The first-order chi connectivity index (χ1) is 12.7. The molecule has 0 unspecified atom stereocenters. The van der Waals surface area contributed by atoms with Crippen LogP contribution in [-0.4, -0.2) is 24.1 Å². The van der Waals surface area contributed by atoms with E-state index in [-0.39, 0.29) is 5.91 Å². The van der Waals surface area contributed by atoms with Gasteiger partial charge < -0.3 is 14.8 Å². The summed E-state index contributed by atoms with van der Waals surface area (Å²) in [4.78, 5) is 16.6. The molecule has 1 amide bonds. The predicted octanol–water partition coefficient (Wildman–Crippen LogP) is 4.80. The van der Waals surface area contributed by atoms with Crippen LogP contribution in [0.5, 0.6) is 11.5 Å². The van der Waals surface area contributed by atoms with Gasteiger partial charge in [-0.25, -0.2) is 4.98 Å². The van der Waals surface area contributed by atoms with Crippen molar-refractivity contribution in [3.63, 3.8) is 0 Å². The maximum Gasteiger partial charge on any atom is 0.226 e. The van der Waals surface area contributed by atoms with Crippen LogP contribution < -0.4 is 14.8 Å². The van der Waals surface area contributed by atoms with E-state index in [0.717, 1.165) is 16.0 Å². The van der Waals surface area contributed by atoms with E-state index in [9.17, 15) is 4.79 Å². The lowest BCUT2D eigenvalue weighted by Gasteiger charge is -2.11. The average molecular weight is 370 g/mol. The fraction of sp³-hybridized carbons (Fsp3) is 0.300. The van der Waals surface area contributed by atoms with Gasteiger partial charge in [-0.1, -0.05) is 29.5 Å². The minimum absolute atomic E-state index is 0.0533. The molecule has 5 nitrogen and oxygen atoms in total. The molecule has 0 atom stereocenters. The van der Waals surface area contributed by atoms with Crippen LogP contribution in [0.1, 0.15) is 25.3 Å². The Hall–Kier alpha value is -2.60. The van der Waals surface area contributed by atoms with Crippen molar-refractivity contribution in [2.45, 2.75) is 26.7 Å². The first-order valence-corrected chi connectivity index (χ1v) is 9.49. The number of benzene rings is 2. The van der Waals surface area contributed by atoms with Gasteiger partial charge in [0, 0.05) is 6.42 Å². The number of aromatic nitrogens is 1. The second kappa shape index (κ2) is 8.67. The minimum Gasteiger partial charge on any atom is -0.490 e. The van der Waals surface area contributed by atoms with Gasteiger partial charge in [0.05, 0.1) is 23.4 Å². The van der Waals surface area contributed by atoms with E-state index in [2.05, 4.69) is 16.4 Å². The Bertz CT molecular complexity index is 892. The predicted molar refractivity (Wildman–Crippen MR) is 105 cm³/mol. The van der Waals surface area contributed by atoms with Gasteiger partial charge in [-0.3, -0.25) is 4.79 Å². The number of amides is 1. The number of fused-ring (bicyclic) bond motifs is 1. The van der Waals surface area contributed by atoms with Crippen LogP contribution in [0.2, 0.25) is 0 Å². The number of aryl methyl sites for hydroxylation is 1. The van der Waals surface area contributed by atoms with Gasteiger partial charge in [0.15, 0.2) is 16.6 Å². The Morgan fingerprint density at radius 2 is 1.92 bits per heavy atom. The van der Waals surface area contributed by atoms with Crippen molar-refractivity contribution in [2.24, 2.45) is 0 Å². The maximum absolute atomic E-state index is 12.1. The Morgan fingerprint density at radius 1 is 1.15 bits per heavy atom. The molecule has 6 heteroatoms. The first kappa shape index (κ1) is 18.2. The quantitative estimate of drug-likeness (QED) is 0.579. The van der Waals surface area contributed by atoms with E-state index in [1.54, 1.807) is 0 Å². The Kier molecular flexibility index (Phi) is 6.07. The molecule has 1 aromatic heterocycles. The third-order valence-electron chi connectivity index (χ3n) is 3.75. The lowest BCUT2D eigenvalue weighted by molar-refractivity contribution is -0.116. The van der Waals surface area contributed by atoms with E-state index < -0.39 is 0 Å². The van der Waals surface area contributed by atoms with Crippen LogP contribution in [-0.2, 0) is 4.79 Å². The molecule has 0 bridgehead atoms. The molecule has 0 aliphatic carbocycles. The third-order valence-corrected chi connectivity index (χ3v) is 4.68. The van der Waals surface area contributed by atoms with Crippen LogP contribution in [0.3, 0.4) is 0 Å². The lowest BCUT2D eigenvalue weighted by atomic mass is 10.2. The van der Waals surface area contributed by atoms with E-state index in [1.165, 1.54) is 16.9 Å². The van der Waals surface area contributed by atoms with E-state index in [4.69, 9.17) is 9.47 Å². The first-order valence-electron chi connectivity index (χ1n) is 8.67. The normalized spacial score (nSPS) is 10.7. The molecule has 26 heavy (non-hydrogen) atoms. The number of rotatable bonds is 8. The molecule has 3 rings (SSSR count). The second-order valence-electron chi connectivity index (χ2n) is 5.87. The number of para-hydroxylation sites is 2. The standard InChI is InChI=1S/C20H22N2O3S/c1-3-24-16-7-4-5-8-17(16)25-12-6-9-19(23)22-20-21-15-11-10-14(2)13-18(15)26-20/h4-5,7-8,10-11,13H,3,6,9,12H2,1-2H3,(H,21,22,23). The summed E-state index contributed by atoms with van der Waals surface area (Å²) < 4.78 is 12.3. The van der Waals surface area contributed by atoms with Crippen LogP contribution in [0.25, 0.3) is 10.2 Å². The second-order valence-corrected chi connectivity index (χ2v) is 6.90. The van der Waals surface area contributed by atoms with Gasteiger partial charge in [0.1, 0.15) is 0 Å². The largest absolute Gasteiger partial charge is 0.490 e. The Morgan fingerprint density at radius 3 is 2.69 bits per heavy atom. The molecular formula is C20H22N2O3S. The molecule has 0 radical (unpaired) electrons. The number of carbonyl (C=O) groups excluding carboxylic acids is 1. The highest BCUT2D eigenvalue weighted by molar-refractivity contribution is 7.22. The maximum atomic E-state index is 12.1. The molecule has 0 aliphatic rings. The average Bonchev–Trinajstić information content (AvgIpc) is 3.01. The zero-order valence-corrected chi connectivity index (χ0v) is 15.8. The van der Waals surface area contributed by atoms with Crippen LogP contribution in [0, 0.1) is 6.92 Å². The van der Waals surface area contributed by atoms with Crippen molar-refractivity contribution < 1.29 is 14.3 Å². The van der Waals surface area contributed by atoms with Gasteiger partial charge in [-0.15, -0.1) is 0 Å².